The van der Waals surface area contributed by atoms with Crippen LogP contribution in [0.25, 0.3) is 0 Å². The first-order chi connectivity index (χ1) is 10.7. The highest BCUT2D eigenvalue weighted by Gasteiger charge is 2.45. The molecule has 1 aliphatic rings. The minimum atomic E-state index is -1.02. The predicted molar refractivity (Wildman–Crippen MR) is 84.7 cm³/mol. The molecule has 7 nitrogen and oxygen atoms in total. The second-order valence-electron chi connectivity index (χ2n) is 6.50. The number of nitrogens with zero attached hydrogens (tertiary/aromatic N) is 1. The number of hydrogen-bond donors (Lipinski definition) is 1. The summed E-state index contributed by atoms with van der Waals surface area (Å²) in [4.78, 5) is 37.1. The molecule has 1 unspecified atom stereocenters. The Balaban J connectivity index is 2.88. The molecule has 1 atom stereocenters. The lowest BCUT2D eigenvalue weighted by molar-refractivity contribution is -0.136. The van der Waals surface area contributed by atoms with E-state index in [2.05, 4.69) is 10.1 Å². The number of carbonyl (C=O) groups is 3. The molecule has 23 heavy (non-hydrogen) atoms. The summed E-state index contributed by atoms with van der Waals surface area (Å²) in [6.07, 6.45) is 3.01. The van der Waals surface area contributed by atoms with Crippen LogP contribution in [-0.2, 0) is 19.1 Å². The van der Waals surface area contributed by atoms with Gasteiger partial charge in [-0.05, 0) is 40.5 Å². The highest BCUT2D eigenvalue weighted by Crippen LogP contribution is 2.29. The van der Waals surface area contributed by atoms with Crippen molar-refractivity contribution in [2.45, 2.75) is 51.7 Å². The average Bonchev–Trinajstić information content (AvgIpc) is 2.90. The number of hydrogen-bond acceptors (Lipinski definition) is 6. The Hall–Kier alpha value is -2.05. The third-order valence-corrected chi connectivity index (χ3v) is 3.64. The molecular formula is C16H26N2O5. The van der Waals surface area contributed by atoms with Crippen molar-refractivity contribution in [2.24, 2.45) is 0 Å². The number of methoxy groups -OCH3 is 1. The number of nitrogens with one attached hydrogen (secondary N) is 1. The van der Waals surface area contributed by atoms with E-state index in [0.29, 0.717) is 19.4 Å². The normalized spacial score (nSPS) is 21.8. The molecule has 0 aliphatic carbocycles. The molecule has 1 saturated heterocycles. The van der Waals surface area contributed by atoms with Gasteiger partial charge in [0.05, 0.1) is 7.11 Å². The van der Waals surface area contributed by atoms with E-state index >= 15 is 0 Å². The lowest BCUT2D eigenvalue weighted by Gasteiger charge is -2.35. The smallest absolute Gasteiger partial charge is 0.411 e. The molecule has 0 bridgehead atoms. The van der Waals surface area contributed by atoms with E-state index in [4.69, 9.17) is 4.74 Å². The van der Waals surface area contributed by atoms with Crippen LogP contribution in [0.2, 0.25) is 0 Å². The molecule has 7 heteroatoms. The zero-order chi connectivity index (χ0) is 17.7. The van der Waals surface area contributed by atoms with E-state index in [1.54, 1.807) is 33.8 Å². The summed E-state index contributed by atoms with van der Waals surface area (Å²) in [6, 6.07) is 0. The van der Waals surface area contributed by atoms with Crippen molar-refractivity contribution in [3.63, 3.8) is 0 Å². The Morgan fingerprint density at radius 1 is 1.35 bits per heavy atom. The number of ether oxygens (including phenoxy) is 2. The number of likely N-dealkylation sites (tertiary alicyclic amines) is 1. The van der Waals surface area contributed by atoms with Crippen LogP contribution in [0.5, 0.6) is 0 Å². The van der Waals surface area contributed by atoms with Crippen molar-refractivity contribution < 1.29 is 23.9 Å². The highest BCUT2D eigenvalue weighted by molar-refractivity contribution is 5.87. The fraction of sp³-hybridized carbons (Fsp3) is 0.688. The Morgan fingerprint density at radius 2 is 2.00 bits per heavy atom. The molecule has 0 spiro atoms. The number of aldehydes is 1. The first kappa shape index (κ1) is 19.0. The monoisotopic (exact) mass is 326 g/mol. The molecule has 0 saturated carbocycles. The van der Waals surface area contributed by atoms with Crippen LogP contribution in [0, 0.1) is 0 Å². The van der Waals surface area contributed by atoms with Gasteiger partial charge in [-0.2, -0.15) is 0 Å². The minimum absolute atomic E-state index is 0.129. The molecule has 1 rings (SSSR count). The fourth-order valence-corrected chi connectivity index (χ4v) is 2.49. The molecular weight excluding hydrogens is 300 g/mol. The summed E-state index contributed by atoms with van der Waals surface area (Å²) >= 11 is 0. The SMILES string of the molecule is C/C=C(\NCC1(C=O)CCCN1C(=O)OC(C)(C)C)C(=O)OC. The third kappa shape index (κ3) is 4.71. The fourth-order valence-electron chi connectivity index (χ4n) is 2.49. The summed E-state index contributed by atoms with van der Waals surface area (Å²) in [5.74, 6) is -0.518. The van der Waals surface area contributed by atoms with Gasteiger partial charge in [0.25, 0.3) is 0 Å². The van der Waals surface area contributed by atoms with Crippen LogP contribution in [0.15, 0.2) is 11.8 Å². The lowest BCUT2D eigenvalue weighted by Crippen LogP contribution is -2.55. The summed E-state index contributed by atoms with van der Waals surface area (Å²) < 4.78 is 10.0. The van der Waals surface area contributed by atoms with E-state index in [9.17, 15) is 14.4 Å². The number of carbonyl (C=O) groups excluding carboxylic acids is 3. The molecule has 1 fully saturated rings. The standard InChI is InChI=1S/C16H26N2O5/c1-6-12(13(20)22-5)17-10-16(11-19)8-7-9-18(16)14(21)23-15(2,3)4/h6,11,17H,7-10H2,1-5H3/b12-6-. The van der Waals surface area contributed by atoms with Crippen LogP contribution >= 0.6 is 0 Å². The van der Waals surface area contributed by atoms with Gasteiger partial charge in [-0.3, -0.25) is 4.90 Å². The number of rotatable bonds is 5. The zero-order valence-electron chi connectivity index (χ0n) is 14.5. The van der Waals surface area contributed by atoms with Gasteiger partial charge >= 0.3 is 12.1 Å². The second kappa shape index (κ2) is 7.48. The number of esters is 1. The molecule has 0 radical (unpaired) electrons. The van der Waals surface area contributed by atoms with E-state index in [1.807, 2.05) is 0 Å². The van der Waals surface area contributed by atoms with E-state index in [0.717, 1.165) is 6.29 Å². The molecule has 1 N–H and O–H groups in total. The van der Waals surface area contributed by atoms with Crippen molar-refractivity contribution in [3.05, 3.63) is 11.8 Å². The first-order valence-corrected chi connectivity index (χ1v) is 7.64. The second-order valence-corrected chi connectivity index (χ2v) is 6.50. The largest absolute Gasteiger partial charge is 0.464 e. The van der Waals surface area contributed by atoms with Crippen LogP contribution < -0.4 is 5.32 Å². The Labute approximate surface area is 137 Å². The molecule has 1 heterocycles. The topological polar surface area (TPSA) is 84.9 Å². The third-order valence-electron chi connectivity index (χ3n) is 3.64. The van der Waals surface area contributed by atoms with Crippen molar-refractivity contribution >= 4 is 18.3 Å². The number of amides is 1. The Morgan fingerprint density at radius 3 is 2.48 bits per heavy atom. The van der Waals surface area contributed by atoms with Crippen LogP contribution in [-0.4, -0.2) is 54.6 Å². The van der Waals surface area contributed by atoms with Crippen LogP contribution in [0.3, 0.4) is 0 Å². The maximum atomic E-state index is 12.4. The molecule has 1 amide bonds. The summed E-state index contributed by atoms with van der Waals surface area (Å²) in [5, 5.41) is 2.91. The molecule has 0 aromatic carbocycles. The van der Waals surface area contributed by atoms with Gasteiger partial charge in [0.2, 0.25) is 0 Å². The highest BCUT2D eigenvalue weighted by atomic mass is 16.6. The van der Waals surface area contributed by atoms with Gasteiger partial charge < -0.3 is 19.6 Å². The van der Waals surface area contributed by atoms with Crippen molar-refractivity contribution in [1.82, 2.24) is 10.2 Å². The first-order valence-electron chi connectivity index (χ1n) is 7.64. The van der Waals surface area contributed by atoms with Crippen molar-refractivity contribution in [1.29, 1.82) is 0 Å². The molecule has 0 aromatic rings. The van der Waals surface area contributed by atoms with Gasteiger partial charge in [-0.15, -0.1) is 0 Å². The van der Waals surface area contributed by atoms with Gasteiger partial charge in [-0.1, -0.05) is 6.08 Å². The number of allylic oxidation sites excluding steroid dienone is 1. The van der Waals surface area contributed by atoms with E-state index in [1.165, 1.54) is 12.0 Å². The van der Waals surface area contributed by atoms with E-state index < -0.39 is 23.2 Å². The molecule has 130 valence electrons. The summed E-state index contributed by atoms with van der Waals surface area (Å²) in [5.41, 5.74) is -1.41. The maximum absolute atomic E-state index is 12.4. The minimum Gasteiger partial charge on any atom is -0.464 e. The molecule has 0 aromatic heterocycles. The maximum Gasteiger partial charge on any atom is 0.411 e. The van der Waals surface area contributed by atoms with Gasteiger partial charge in [0.15, 0.2) is 0 Å². The average molecular weight is 326 g/mol. The predicted octanol–water partition coefficient (Wildman–Crippen LogP) is 1.62. The lowest BCUT2D eigenvalue weighted by atomic mass is 9.98. The van der Waals surface area contributed by atoms with Gasteiger partial charge in [0.1, 0.15) is 23.1 Å². The van der Waals surface area contributed by atoms with Crippen molar-refractivity contribution in [2.75, 3.05) is 20.2 Å². The van der Waals surface area contributed by atoms with Crippen LogP contribution in [0.1, 0.15) is 40.5 Å². The van der Waals surface area contributed by atoms with Crippen molar-refractivity contribution in [3.8, 4) is 0 Å². The Kier molecular flexibility index (Phi) is 6.18. The van der Waals surface area contributed by atoms with Crippen LogP contribution in [0.4, 0.5) is 4.79 Å². The summed E-state index contributed by atoms with van der Waals surface area (Å²) in [7, 11) is 1.28. The Bertz CT molecular complexity index is 495. The van der Waals surface area contributed by atoms with E-state index in [-0.39, 0.29) is 12.2 Å². The molecule has 1 aliphatic heterocycles. The van der Waals surface area contributed by atoms with Gasteiger partial charge in [0, 0.05) is 13.1 Å². The summed E-state index contributed by atoms with van der Waals surface area (Å²) in [6.45, 7) is 7.58. The zero-order valence-corrected chi connectivity index (χ0v) is 14.5. The quantitative estimate of drug-likeness (QED) is 0.469. The van der Waals surface area contributed by atoms with Gasteiger partial charge in [-0.25, -0.2) is 9.59 Å².